The van der Waals surface area contributed by atoms with Crippen molar-refractivity contribution < 1.29 is 9.72 Å². The first-order valence-electron chi connectivity index (χ1n) is 6.10. The molecule has 2 heterocycles. The van der Waals surface area contributed by atoms with Gasteiger partial charge in [-0.2, -0.15) is 0 Å². The van der Waals surface area contributed by atoms with Gasteiger partial charge in [0.2, 0.25) is 0 Å². The topological polar surface area (TPSA) is 89.5 Å². The molecule has 0 aliphatic carbocycles. The van der Waals surface area contributed by atoms with Crippen molar-refractivity contribution in [2.24, 2.45) is 11.1 Å². The van der Waals surface area contributed by atoms with Crippen LogP contribution < -0.4 is 5.73 Å². The van der Waals surface area contributed by atoms with Crippen molar-refractivity contribution in [2.45, 2.75) is 26.3 Å². The number of piperidine rings is 1. The molecule has 104 valence electrons. The van der Waals surface area contributed by atoms with Gasteiger partial charge >= 0.3 is 5.00 Å². The number of nitro groups is 1. The van der Waals surface area contributed by atoms with Gasteiger partial charge in [-0.25, -0.2) is 0 Å². The van der Waals surface area contributed by atoms with E-state index in [1.54, 1.807) is 4.90 Å². The van der Waals surface area contributed by atoms with Gasteiger partial charge in [0.1, 0.15) is 0 Å². The van der Waals surface area contributed by atoms with Crippen LogP contribution in [0.1, 0.15) is 29.9 Å². The predicted octanol–water partition coefficient (Wildman–Crippen LogP) is 1.86. The summed E-state index contributed by atoms with van der Waals surface area (Å²) in [5, 5.41) is 10.6. The van der Waals surface area contributed by atoms with Gasteiger partial charge in [-0.3, -0.25) is 14.9 Å². The van der Waals surface area contributed by atoms with E-state index in [0.29, 0.717) is 18.0 Å². The molecule has 0 saturated carbocycles. The van der Waals surface area contributed by atoms with Crippen LogP contribution in [-0.4, -0.2) is 34.9 Å². The molecule has 0 aromatic carbocycles. The van der Waals surface area contributed by atoms with E-state index in [-0.39, 0.29) is 22.4 Å². The zero-order valence-corrected chi connectivity index (χ0v) is 11.8. The number of amides is 1. The van der Waals surface area contributed by atoms with E-state index in [4.69, 9.17) is 5.73 Å². The third kappa shape index (κ3) is 2.76. The first kappa shape index (κ1) is 14.0. The molecule has 0 spiro atoms. The number of carbonyl (C=O) groups excluding carboxylic acids is 1. The predicted molar refractivity (Wildman–Crippen MR) is 73.3 cm³/mol. The molecule has 19 heavy (non-hydrogen) atoms. The lowest BCUT2D eigenvalue weighted by Crippen LogP contribution is -2.53. The number of likely N-dealkylation sites (tertiary alicyclic amines) is 1. The Balaban J connectivity index is 2.13. The van der Waals surface area contributed by atoms with Gasteiger partial charge in [-0.1, -0.05) is 25.2 Å². The fourth-order valence-electron chi connectivity index (χ4n) is 2.24. The second-order valence-corrected chi connectivity index (χ2v) is 6.57. The molecular weight excluding hydrogens is 266 g/mol. The fourth-order valence-corrected chi connectivity index (χ4v) is 3.03. The Labute approximate surface area is 115 Å². The van der Waals surface area contributed by atoms with Crippen LogP contribution in [0.2, 0.25) is 0 Å². The van der Waals surface area contributed by atoms with Crippen LogP contribution in [0.3, 0.4) is 0 Å². The highest BCUT2D eigenvalue weighted by atomic mass is 32.1. The van der Waals surface area contributed by atoms with E-state index < -0.39 is 4.92 Å². The largest absolute Gasteiger partial charge is 0.337 e. The van der Waals surface area contributed by atoms with E-state index in [2.05, 4.69) is 0 Å². The zero-order valence-electron chi connectivity index (χ0n) is 11.0. The minimum Gasteiger partial charge on any atom is -0.337 e. The molecule has 1 atom stereocenters. The normalized spacial score (nSPS) is 22.3. The van der Waals surface area contributed by atoms with Crippen LogP contribution in [0.5, 0.6) is 0 Å². The molecule has 2 N–H and O–H groups in total. The summed E-state index contributed by atoms with van der Waals surface area (Å²) in [7, 11) is 0. The number of hydrogen-bond donors (Lipinski definition) is 1. The SMILES string of the molecule is CC1(C)CN(C(=O)c2ccc([N+](=O)[O-])s2)CCC1N. The van der Waals surface area contributed by atoms with E-state index in [0.717, 1.165) is 17.8 Å². The van der Waals surface area contributed by atoms with Crippen molar-refractivity contribution in [3.8, 4) is 0 Å². The van der Waals surface area contributed by atoms with Crippen molar-refractivity contribution in [1.29, 1.82) is 0 Å². The quantitative estimate of drug-likeness (QED) is 0.662. The van der Waals surface area contributed by atoms with Gasteiger partial charge in [-0.05, 0) is 17.9 Å². The molecular formula is C12H17N3O3S. The Hall–Kier alpha value is -1.47. The van der Waals surface area contributed by atoms with Gasteiger partial charge in [0.15, 0.2) is 0 Å². The second kappa shape index (κ2) is 4.90. The number of thiophene rings is 1. The van der Waals surface area contributed by atoms with Crippen molar-refractivity contribution in [3.63, 3.8) is 0 Å². The molecule has 1 aliphatic rings. The Kier molecular flexibility index (Phi) is 3.60. The molecule has 1 aromatic rings. The van der Waals surface area contributed by atoms with Crippen LogP contribution in [0.4, 0.5) is 5.00 Å². The summed E-state index contributed by atoms with van der Waals surface area (Å²) in [5.41, 5.74) is 5.90. The Morgan fingerprint density at radius 3 is 2.79 bits per heavy atom. The maximum Gasteiger partial charge on any atom is 0.324 e. The average molecular weight is 283 g/mol. The number of hydrogen-bond acceptors (Lipinski definition) is 5. The number of nitrogens with zero attached hydrogens (tertiary/aromatic N) is 2. The summed E-state index contributed by atoms with van der Waals surface area (Å²) in [4.78, 5) is 24.6. The summed E-state index contributed by atoms with van der Waals surface area (Å²) < 4.78 is 0. The first-order chi connectivity index (χ1) is 8.81. The Morgan fingerprint density at radius 2 is 2.26 bits per heavy atom. The Morgan fingerprint density at radius 1 is 1.58 bits per heavy atom. The molecule has 6 nitrogen and oxygen atoms in total. The maximum atomic E-state index is 12.3. The van der Waals surface area contributed by atoms with E-state index in [9.17, 15) is 14.9 Å². The summed E-state index contributed by atoms with van der Waals surface area (Å²) >= 11 is 0.922. The van der Waals surface area contributed by atoms with Crippen molar-refractivity contribution in [1.82, 2.24) is 4.90 Å². The van der Waals surface area contributed by atoms with Gasteiger partial charge in [-0.15, -0.1) is 0 Å². The molecule has 1 amide bonds. The van der Waals surface area contributed by atoms with Crippen LogP contribution >= 0.6 is 11.3 Å². The molecule has 1 unspecified atom stereocenters. The third-order valence-electron chi connectivity index (χ3n) is 3.58. The van der Waals surface area contributed by atoms with E-state index in [1.807, 2.05) is 13.8 Å². The van der Waals surface area contributed by atoms with Crippen LogP contribution in [0.15, 0.2) is 12.1 Å². The lowest BCUT2D eigenvalue weighted by molar-refractivity contribution is -0.380. The van der Waals surface area contributed by atoms with E-state index in [1.165, 1.54) is 12.1 Å². The monoisotopic (exact) mass is 283 g/mol. The van der Waals surface area contributed by atoms with Crippen molar-refractivity contribution in [2.75, 3.05) is 13.1 Å². The lowest BCUT2D eigenvalue weighted by atomic mass is 9.79. The highest BCUT2D eigenvalue weighted by Gasteiger charge is 2.36. The van der Waals surface area contributed by atoms with Gasteiger partial charge in [0.05, 0.1) is 9.80 Å². The minimum atomic E-state index is -0.475. The minimum absolute atomic E-state index is 0.00341. The maximum absolute atomic E-state index is 12.3. The molecule has 0 bridgehead atoms. The molecule has 1 fully saturated rings. The fraction of sp³-hybridized carbons (Fsp3) is 0.583. The second-order valence-electron chi connectivity index (χ2n) is 5.51. The van der Waals surface area contributed by atoms with E-state index >= 15 is 0 Å². The summed E-state index contributed by atoms with van der Waals surface area (Å²) in [6.07, 6.45) is 0.756. The van der Waals surface area contributed by atoms with Gasteiger partial charge in [0.25, 0.3) is 5.91 Å². The highest BCUT2D eigenvalue weighted by molar-refractivity contribution is 7.17. The zero-order chi connectivity index (χ0) is 14.2. The molecule has 2 rings (SSSR count). The number of rotatable bonds is 2. The van der Waals surface area contributed by atoms with Crippen LogP contribution in [-0.2, 0) is 0 Å². The number of carbonyl (C=O) groups is 1. The molecule has 1 aliphatic heterocycles. The van der Waals surface area contributed by atoms with Crippen LogP contribution in [0.25, 0.3) is 0 Å². The van der Waals surface area contributed by atoms with Crippen molar-refractivity contribution >= 4 is 22.2 Å². The van der Waals surface area contributed by atoms with Gasteiger partial charge < -0.3 is 10.6 Å². The molecule has 1 aromatic heterocycles. The van der Waals surface area contributed by atoms with Crippen molar-refractivity contribution in [3.05, 3.63) is 27.1 Å². The molecule has 7 heteroatoms. The summed E-state index contributed by atoms with van der Waals surface area (Å²) in [6.45, 7) is 5.26. The third-order valence-corrected chi connectivity index (χ3v) is 4.61. The standard InChI is InChI=1S/C12H17N3O3S/c1-12(2)7-14(6-5-9(12)13)11(16)8-3-4-10(19-8)15(17)18/h3-4,9H,5-7,13H2,1-2H3. The Bertz CT molecular complexity index is 512. The summed E-state index contributed by atoms with van der Waals surface area (Å²) in [5.74, 6) is -0.141. The molecule has 1 saturated heterocycles. The highest BCUT2D eigenvalue weighted by Crippen LogP contribution is 2.31. The molecule has 0 radical (unpaired) electrons. The number of nitrogens with two attached hydrogens (primary N) is 1. The van der Waals surface area contributed by atoms with Crippen LogP contribution in [0, 0.1) is 15.5 Å². The van der Waals surface area contributed by atoms with Gasteiger partial charge in [0, 0.05) is 25.2 Å². The first-order valence-corrected chi connectivity index (χ1v) is 6.92. The average Bonchev–Trinajstić information content (AvgIpc) is 2.81. The lowest BCUT2D eigenvalue weighted by Gasteiger charge is -2.42. The summed E-state index contributed by atoms with van der Waals surface area (Å²) in [6, 6.07) is 2.97. The smallest absolute Gasteiger partial charge is 0.324 e.